The maximum Gasteiger partial charge on any atom is 0.263 e. The Kier molecular flexibility index (Phi) is 6.05. The summed E-state index contributed by atoms with van der Waals surface area (Å²) in [6.45, 7) is 4.74. The second-order valence-electron chi connectivity index (χ2n) is 7.66. The summed E-state index contributed by atoms with van der Waals surface area (Å²) in [4.78, 5) is 24.7. The average molecular weight is 470 g/mol. The average Bonchev–Trinajstić information content (AvgIpc) is 3.46. The molecule has 7 nitrogen and oxygen atoms in total. The van der Waals surface area contributed by atoms with E-state index in [9.17, 15) is 4.79 Å². The van der Waals surface area contributed by atoms with Gasteiger partial charge in [-0.25, -0.2) is 9.67 Å². The van der Waals surface area contributed by atoms with Crippen LogP contribution in [0.3, 0.4) is 0 Å². The van der Waals surface area contributed by atoms with Crippen molar-refractivity contribution in [3.8, 4) is 11.4 Å². The van der Waals surface area contributed by atoms with E-state index in [-0.39, 0.29) is 5.91 Å². The number of fused-ring (bicyclic) bond motifs is 1. The van der Waals surface area contributed by atoms with Crippen LogP contribution in [0.4, 0.5) is 5.13 Å². The van der Waals surface area contributed by atoms with E-state index >= 15 is 0 Å². The highest BCUT2D eigenvalue weighted by Crippen LogP contribution is 2.33. The summed E-state index contributed by atoms with van der Waals surface area (Å²) < 4.78 is 8.37. The lowest BCUT2D eigenvalue weighted by Gasteiger charge is -2.19. The minimum atomic E-state index is -0.172. The topological polar surface area (TPSA) is 73.1 Å². The van der Waals surface area contributed by atoms with Crippen LogP contribution in [0.15, 0.2) is 79.1 Å². The molecule has 3 heterocycles. The van der Waals surface area contributed by atoms with Crippen molar-refractivity contribution in [3.63, 3.8) is 0 Å². The lowest BCUT2D eigenvalue weighted by molar-refractivity contribution is 0.0984. The quantitative estimate of drug-likeness (QED) is 0.318. The molecule has 0 saturated heterocycles. The highest BCUT2D eigenvalue weighted by molar-refractivity contribution is 7.22. The zero-order valence-electron chi connectivity index (χ0n) is 18.9. The van der Waals surface area contributed by atoms with Crippen LogP contribution in [-0.4, -0.2) is 32.3 Å². The van der Waals surface area contributed by atoms with Crippen LogP contribution in [0, 0.1) is 6.92 Å². The number of hydrogen-bond acceptors (Lipinski definition) is 6. The molecule has 0 aliphatic carbocycles. The van der Waals surface area contributed by atoms with Crippen LogP contribution in [0.1, 0.15) is 28.7 Å². The third-order valence-electron chi connectivity index (χ3n) is 5.42. The van der Waals surface area contributed by atoms with Crippen LogP contribution >= 0.6 is 11.3 Å². The molecule has 5 rings (SSSR count). The van der Waals surface area contributed by atoms with Gasteiger partial charge in [0.05, 0.1) is 52.2 Å². The van der Waals surface area contributed by atoms with Gasteiger partial charge in [0.25, 0.3) is 5.91 Å². The number of ether oxygens (including phenoxy) is 1. The Morgan fingerprint density at radius 1 is 1.09 bits per heavy atom. The summed E-state index contributed by atoms with van der Waals surface area (Å²) in [6.07, 6.45) is 3.35. The first-order chi connectivity index (χ1) is 16.6. The van der Waals surface area contributed by atoms with Gasteiger partial charge in [-0.05, 0) is 56.3 Å². The van der Waals surface area contributed by atoms with E-state index in [0.29, 0.717) is 23.8 Å². The fourth-order valence-electron chi connectivity index (χ4n) is 3.74. The first-order valence-corrected chi connectivity index (χ1v) is 11.8. The molecule has 3 aromatic heterocycles. The maximum absolute atomic E-state index is 13.8. The molecule has 0 unspecified atom stereocenters. The summed E-state index contributed by atoms with van der Waals surface area (Å²) in [5, 5.41) is 5.09. The Balaban J connectivity index is 1.55. The van der Waals surface area contributed by atoms with Crippen LogP contribution in [0.25, 0.3) is 15.9 Å². The fraction of sp³-hybridized carbons (Fsp3) is 0.154. The Labute approximate surface area is 201 Å². The second kappa shape index (κ2) is 9.44. The molecule has 2 aromatic carbocycles. The zero-order chi connectivity index (χ0) is 23.5. The van der Waals surface area contributed by atoms with Crippen LogP contribution in [0.5, 0.6) is 5.75 Å². The van der Waals surface area contributed by atoms with Crippen molar-refractivity contribution in [3.05, 3.63) is 96.1 Å². The largest absolute Gasteiger partial charge is 0.494 e. The molecule has 0 bridgehead atoms. The number of benzene rings is 2. The first kappa shape index (κ1) is 21.8. The van der Waals surface area contributed by atoms with E-state index in [1.165, 1.54) is 11.3 Å². The minimum absolute atomic E-state index is 0.172. The van der Waals surface area contributed by atoms with Gasteiger partial charge in [0, 0.05) is 6.20 Å². The number of carbonyl (C=O) groups excluding carboxylic acids is 1. The van der Waals surface area contributed by atoms with Gasteiger partial charge in [-0.2, -0.15) is 5.10 Å². The van der Waals surface area contributed by atoms with Crippen LogP contribution in [-0.2, 0) is 6.54 Å². The van der Waals surface area contributed by atoms with Crippen molar-refractivity contribution >= 4 is 32.6 Å². The summed E-state index contributed by atoms with van der Waals surface area (Å²) >= 11 is 1.46. The van der Waals surface area contributed by atoms with Crippen molar-refractivity contribution in [1.29, 1.82) is 0 Å². The second-order valence-corrected chi connectivity index (χ2v) is 8.67. The predicted molar refractivity (Wildman–Crippen MR) is 134 cm³/mol. The molecule has 0 N–H and O–H groups in total. The number of aromatic nitrogens is 4. The summed E-state index contributed by atoms with van der Waals surface area (Å²) in [5.74, 6) is 0.613. The molecule has 0 spiro atoms. The van der Waals surface area contributed by atoms with Crippen LogP contribution in [0.2, 0.25) is 0 Å². The van der Waals surface area contributed by atoms with Gasteiger partial charge in [0.1, 0.15) is 5.75 Å². The van der Waals surface area contributed by atoms with Crippen molar-refractivity contribution in [2.45, 2.75) is 20.4 Å². The van der Waals surface area contributed by atoms with Gasteiger partial charge in [-0.15, -0.1) is 0 Å². The molecular formula is C26H23N5O2S. The predicted octanol–water partition coefficient (Wildman–Crippen LogP) is 5.43. The van der Waals surface area contributed by atoms with E-state index in [0.717, 1.165) is 33.0 Å². The van der Waals surface area contributed by atoms with Crippen molar-refractivity contribution < 1.29 is 9.53 Å². The number of hydrogen-bond donors (Lipinski definition) is 0. The standard InChI is InChI=1S/C26H23N5O2S/c1-3-33-21-12-13-23-24(15-21)34-26(29-23)30(17-19-9-7-8-14-27-19)25(32)22-16-28-31(18(22)2)20-10-5-4-6-11-20/h4-16H,3,17H2,1-2H3. The summed E-state index contributed by atoms with van der Waals surface area (Å²) in [5.41, 5.74) is 3.78. The Morgan fingerprint density at radius 3 is 2.68 bits per heavy atom. The highest BCUT2D eigenvalue weighted by atomic mass is 32.1. The number of amides is 1. The Morgan fingerprint density at radius 2 is 1.91 bits per heavy atom. The Bertz CT molecular complexity index is 1430. The molecule has 5 aromatic rings. The first-order valence-electron chi connectivity index (χ1n) is 11.0. The van der Waals surface area contributed by atoms with Crippen molar-refractivity contribution in [1.82, 2.24) is 19.7 Å². The number of para-hydroxylation sites is 1. The number of nitrogens with zero attached hydrogens (tertiary/aromatic N) is 5. The van der Waals surface area contributed by atoms with E-state index in [2.05, 4.69) is 10.1 Å². The summed E-state index contributed by atoms with van der Waals surface area (Å²) in [6, 6.07) is 21.2. The zero-order valence-corrected chi connectivity index (χ0v) is 19.7. The molecule has 170 valence electrons. The Hall–Kier alpha value is -4.04. The molecule has 0 aliphatic heterocycles. The number of carbonyl (C=O) groups is 1. The lowest BCUT2D eigenvalue weighted by Crippen LogP contribution is -2.31. The molecule has 1 amide bonds. The minimum Gasteiger partial charge on any atom is -0.494 e. The molecule has 0 fully saturated rings. The molecule has 0 radical (unpaired) electrons. The monoisotopic (exact) mass is 469 g/mol. The van der Waals surface area contributed by atoms with Gasteiger partial charge >= 0.3 is 0 Å². The number of pyridine rings is 1. The van der Waals surface area contributed by atoms with Crippen molar-refractivity contribution in [2.75, 3.05) is 11.5 Å². The third-order valence-corrected chi connectivity index (χ3v) is 6.46. The smallest absolute Gasteiger partial charge is 0.263 e. The normalized spacial score (nSPS) is 11.0. The maximum atomic E-state index is 13.8. The fourth-order valence-corrected chi connectivity index (χ4v) is 4.73. The lowest BCUT2D eigenvalue weighted by atomic mass is 10.2. The van der Waals surface area contributed by atoms with Gasteiger partial charge in [0.2, 0.25) is 0 Å². The highest BCUT2D eigenvalue weighted by Gasteiger charge is 2.26. The SMILES string of the molecule is CCOc1ccc2nc(N(Cc3ccccn3)C(=O)c3cnn(-c4ccccc4)c3C)sc2c1. The number of rotatable bonds is 7. The van der Waals surface area contributed by atoms with E-state index in [1.54, 1.807) is 22.0 Å². The van der Waals surface area contributed by atoms with Crippen molar-refractivity contribution in [2.24, 2.45) is 0 Å². The van der Waals surface area contributed by atoms with E-state index in [1.807, 2.05) is 80.6 Å². The van der Waals surface area contributed by atoms with Gasteiger partial charge in [-0.1, -0.05) is 35.6 Å². The van der Waals surface area contributed by atoms with Crippen LogP contribution < -0.4 is 9.64 Å². The van der Waals surface area contributed by atoms with Gasteiger partial charge in [0.15, 0.2) is 5.13 Å². The number of anilines is 1. The van der Waals surface area contributed by atoms with E-state index in [4.69, 9.17) is 9.72 Å². The summed E-state index contributed by atoms with van der Waals surface area (Å²) in [7, 11) is 0. The van der Waals surface area contributed by atoms with E-state index < -0.39 is 0 Å². The molecule has 34 heavy (non-hydrogen) atoms. The third kappa shape index (κ3) is 4.27. The molecule has 0 atom stereocenters. The molecular weight excluding hydrogens is 446 g/mol. The van der Waals surface area contributed by atoms with Gasteiger partial charge < -0.3 is 4.74 Å². The molecule has 0 saturated carbocycles. The molecule has 8 heteroatoms. The molecule has 0 aliphatic rings. The van der Waals surface area contributed by atoms with Gasteiger partial charge in [-0.3, -0.25) is 14.7 Å². The number of thiazole rings is 1.